The number of sulfonamides is 1. The number of pyridine rings is 1. The zero-order chi connectivity index (χ0) is 14.8. The van der Waals surface area contributed by atoms with Gasteiger partial charge >= 0.3 is 5.69 Å². The number of rotatable bonds is 4. The van der Waals surface area contributed by atoms with Gasteiger partial charge in [0.1, 0.15) is 0 Å². The number of nitrogens with zero attached hydrogens (tertiary/aromatic N) is 3. The summed E-state index contributed by atoms with van der Waals surface area (Å²) in [6.45, 7) is 1.08. The number of hydrogen-bond acceptors (Lipinski definition) is 6. The second-order valence-electron chi connectivity index (χ2n) is 4.86. The number of anilines is 1. The standard InChI is InChI=1S/C11H16N4O4S/c12-20(18,19)8-9-3-6-14(7-4-9)11-10(15(16)17)2-1-5-13-11/h1-2,5,9H,3-4,6-8H2,(H2,12,18,19). The summed E-state index contributed by atoms with van der Waals surface area (Å²) in [6, 6.07) is 2.94. The van der Waals surface area contributed by atoms with E-state index in [-0.39, 0.29) is 17.4 Å². The summed E-state index contributed by atoms with van der Waals surface area (Å²) in [5, 5.41) is 16.0. The van der Waals surface area contributed by atoms with Crippen LogP contribution in [0.5, 0.6) is 0 Å². The maximum absolute atomic E-state index is 11.1. The fraction of sp³-hybridized carbons (Fsp3) is 0.545. The van der Waals surface area contributed by atoms with E-state index in [1.165, 1.54) is 18.3 Å². The largest absolute Gasteiger partial charge is 0.351 e. The topological polar surface area (TPSA) is 119 Å². The molecular weight excluding hydrogens is 284 g/mol. The summed E-state index contributed by atoms with van der Waals surface area (Å²) in [7, 11) is -3.47. The molecule has 0 radical (unpaired) electrons. The van der Waals surface area contributed by atoms with Crippen LogP contribution >= 0.6 is 0 Å². The lowest BCUT2D eigenvalue weighted by atomic mass is 9.99. The summed E-state index contributed by atoms with van der Waals surface area (Å²) in [5.74, 6) is 0.307. The lowest BCUT2D eigenvalue weighted by Crippen LogP contribution is -2.37. The molecule has 2 N–H and O–H groups in total. The van der Waals surface area contributed by atoms with Gasteiger partial charge in [0.05, 0.1) is 10.7 Å². The summed E-state index contributed by atoms with van der Waals surface area (Å²) in [4.78, 5) is 16.4. The Morgan fingerprint density at radius 3 is 2.65 bits per heavy atom. The molecule has 1 aromatic heterocycles. The van der Waals surface area contributed by atoms with E-state index in [1.807, 2.05) is 4.90 Å². The molecule has 20 heavy (non-hydrogen) atoms. The molecule has 1 fully saturated rings. The number of primary sulfonamides is 1. The highest BCUT2D eigenvalue weighted by Crippen LogP contribution is 2.29. The van der Waals surface area contributed by atoms with Crippen LogP contribution in [0.3, 0.4) is 0 Å². The van der Waals surface area contributed by atoms with E-state index >= 15 is 0 Å². The molecule has 0 aliphatic carbocycles. The van der Waals surface area contributed by atoms with Gasteiger partial charge in [-0.05, 0) is 24.8 Å². The van der Waals surface area contributed by atoms with Gasteiger partial charge in [-0.15, -0.1) is 0 Å². The van der Waals surface area contributed by atoms with Crippen LogP contribution in [0, 0.1) is 16.0 Å². The summed E-state index contributed by atoms with van der Waals surface area (Å²) >= 11 is 0. The number of piperidine rings is 1. The molecule has 0 amide bonds. The highest BCUT2D eigenvalue weighted by Gasteiger charge is 2.27. The van der Waals surface area contributed by atoms with Crippen molar-refractivity contribution in [2.75, 3.05) is 23.7 Å². The van der Waals surface area contributed by atoms with E-state index in [0.717, 1.165) is 0 Å². The fourth-order valence-electron chi connectivity index (χ4n) is 2.41. The first-order chi connectivity index (χ1) is 9.37. The molecule has 1 aliphatic rings. The molecular formula is C11H16N4O4S. The molecule has 0 aromatic carbocycles. The van der Waals surface area contributed by atoms with Gasteiger partial charge in [-0.1, -0.05) is 0 Å². The molecule has 0 bridgehead atoms. The zero-order valence-corrected chi connectivity index (χ0v) is 11.6. The van der Waals surface area contributed by atoms with Crippen LogP contribution in [-0.2, 0) is 10.0 Å². The van der Waals surface area contributed by atoms with Crippen molar-refractivity contribution in [3.63, 3.8) is 0 Å². The van der Waals surface area contributed by atoms with Crippen molar-refractivity contribution in [3.05, 3.63) is 28.4 Å². The predicted molar refractivity (Wildman–Crippen MR) is 73.8 cm³/mol. The SMILES string of the molecule is NS(=O)(=O)CC1CCN(c2ncccc2[N+](=O)[O-])CC1. The first-order valence-electron chi connectivity index (χ1n) is 6.21. The fourth-order valence-corrected chi connectivity index (χ4v) is 3.41. The summed E-state index contributed by atoms with van der Waals surface area (Å²) in [6.07, 6.45) is 2.77. The molecule has 0 unspecified atom stereocenters. The van der Waals surface area contributed by atoms with E-state index in [2.05, 4.69) is 4.98 Å². The van der Waals surface area contributed by atoms with Crippen molar-refractivity contribution < 1.29 is 13.3 Å². The molecule has 1 aromatic rings. The minimum Gasteiger partial charge on any atom is -0.351 e. The molecule has 0 saturated carbocycles. The monoisotopic (exact) mass is 300 g/mol. The van der Waals surface area contributed by atoms with E-state index in [1.54, 1.807) is 0 Å². The third kappa shape index (κ3) is 3.64. The Balaban J connectivity index is 2.06. The van der Waals surface area contributed by atoms with Gasteiger partial charge < -0.3 is 4.90 Å². The van der Waals surface area contributed by atoms with Crippen molar-refractivity contribution >= 4 is 21.5 Å². The van der Waals surface area contributed by atoms with Gasteiger partial charge in [0, 0.05) is 25.4 Å². The van der Waals surface area contributed by atoms with Gasteiger partial charge in [0.25, 0.3) is 0 Å². The van der Waals surface area contributed by atoms with Gasteiger partial charge in [-0.3, -0.25) is 10.1 Å². The number of aromatic nitrogens is 1. The molecule has 0 spiro atoms. The number of nitro groups is 1. The number of hydrogen-bond donors (Lipinski definition) is 1. The van der Waals surface area contributed by atoms with Gasteiger partial charge in [-0.2, -0.15) is 0 Å². The minimum absolute atomic E-state index is 0.00372. The van der Waals surface area contributed by atoms with Crippen molar-refractivity contribution in [1.82, 2.24) is 4.98 Å². The third-order valence-electron chi connectivity index (χ3n) is 3.34. The Labute approximate surface area is 116 Å². The average molecular weight is 300 g/mol. The van der Waals surface area contributed by atoms with E-state index in [9.17, 15) is 18.5 Å². The zero-order valence-electron chi connectivity index (χ0n) is 10.8. The van der Waals surface area contributed by atoms with Gasteiger partial charge in [-0.25, -0.2) is 18.5 Å². The van der Waals surface area contributed by atoms with E-state index in [0.29, 0.717) is 31.7 Å². The van der Waals surface area contributed by atoms with Crippen LogP contribution in [-0.4, -0.2) is 37.2 Å². The average Bonchev–Trinajstić information content (AvgIpc) is 2.38. The maximum atomic E-state index is 11.1. The quantitative estimate of drug-likeness (QED) is 0.638. The van der Waals surface area contributed by atoms with Crippen molar-refractivity contribution in [1.29, 1.82) is 0 Å². The lowest BCUT2D eigenvalue weighted by molar-refractivity contribution is -0.384. The van der Waals surface area contributed by atoms with Crippen molar-refractivity contribution in [2.24, 2.45) is 11.1 Å². The second-order valence-corrected chi connectivity index (χ2v) is 6.52. The second kappa shape index (κ2) is 5.71. The molecule has 2 rings (SSSR count). The van der Waals surface area contributed by atoms with Crippen LogP contribution in [0.1, 0.15) is 12.8 Å². The van der Waals surface area contributed by atoms with Crippen LogP contribution in [0.25, 0.3) is 0 Å². The van der Waals surface area contributed by atoms with Crippen LogP contribution in [0.4, 0.5) is 11.5 Å². The predicted octanol–water partition coefficient (Wildman–Crippen LogP) is 0.495. The summed E-state index contributed by atoms with van der Waals surface area (Å²) < 4.78 is 22.1. The normalized spacial score (nSPS) is 17.1. The first-order valence-corrected chi connectivity index (χ1v) is 7.93. The molecule has 110 valence electrons. The Morgan fingerprint density at radius 2 is 2.10 bits per heavy atom. The Hall–Kier alpha value is -1.74. The minimum atomic E-state index is -3.47. The van der Waals surface area contributed by atoms with Crippen LogP contribution in [0.2, 0.25) is 0 Å². The summed E-state index contributed by atoms with van der Waals surface area (Å²) in [5.41, 5.74) is -0.0302. The maximum Gasteiger partial charge on any atom is 0.311 e. The van der Waals surface area contributed by atoms with E-state index < -0.39 is 14.9 Å². The van der Waals surface area contributed by atoms with Crippen molar-refractivity contribution in [3.8, 4) is 0 Å². The molecule has 1 aliphatic heterocycles. The van der Waals surface area contributed by atoms with Crippen LogP contribution < -0.4 is 10.0 Å². The highest BCUT2D eigenvalue weighted by molar-refractivity contribution is 7.89. The third-order valence-corrected chi connectivity index (χ3v) is 4.28. The Bertz CT molecular complexity index is 596. The molecule has 1 saturated heterocycles. The number of nitrogens with two attached hydrogens (primary N) is 1. The van der Waals surface area contributed by atoms with Crippen molar-refractivity contribution in [2.45, 2.75) is 12.8 Å². The van der Waals surface area contributed by atoms with Gasteiger partial charge in [0.2, 0.25) is 15.8 Å². The first kappa shape index (κ1) is 14.7. The lowest BCUT2D eigenvalue weighted by Gasteiger charge is -2.31. The van der Waals surface area contributed by atoms with Gasteiger partial charge in [0.15, 0.2) is 0 Å². The molecule has 9 heteroatoms. The smallest absolute Gasteiger partial charge is 0.311 e. The van der Waals surface area contributed by atoms with Crippen LogP contribution in [0.15, 0.2) is 18.3 Å². The Kier molecular flexibility index (Phi) is 4.19. The van der Waals surface area contributed by atoms with E-state index in [4.69, 9.17) is 5.14 Å². The Morgan fingerprint density at radius 1 is 1.45 bits per heavy atom. The highest BCUT2D eigenvalue weighted by atomic mass is 32.2. The molecule has 2 heterocycles. The molecule has 8 nitrogen and oxygen atoms in total. The molecule has 0 atom stereocenters.